The molecule has 8 heteroatoms. The van der Waals surface area contributed by atoms with Crippen molar-refractivity contribution >= 4 is 11.8 Å². The third kappa shape index (κ3) is 6.42. The minimum atomic E-state index is -0.229. The summed E-state index contributed by atoms with van der Waals surface area (Å²) in [4.78, 5) is 27.9. The lowest BCUT2D eigenvalue weighted by Gasteiger charge is -2.31. The summed E-state index contributed by atoms with van der Waals surface area (Å²) in [5.74, 6) is 1.17. The molecule has 1 aromatic carbocycles. The summed E-state index contributed by atoms with van der Waals surface area (Å²) >= 11 is 0. The van der Waals surface area contributed by atoms with Crippen LogP contribution in [0.25, 0.3) is 0 Å². The van der Waals surface area contributed by atoms with Gasteiger partial charge in [-0.25, -0.2) is 0 Å². The van der Waals surface area contributed by atoms with Crippen LogP contribution in [0, 0.1) is 5.92 Å². The molecule has 2 heterocycles. The standard InChI is InChI=1S/C25H35N5O3/c1-30(2)14-4-11-27-24(31)20-6-3-5-19(15-20)23(18-9-12-26-13-10-18)28-25(32)21-16-22(33-29-21)17-7-8-17/h3,5-6,15-18,23,26H,4,7-14H2,1-2H3,(H,27,31)(H,28,32). The molecule has 0 bridgehead atoms. The molecule has 178 valence electrons. The minimum Gasteiger partial charge on any atom is -0.360 e. The molecule has 1 aromatic heterocycles. The Morgan fingerprint density at radius 1 is 1.15 bits per heavy atom. The number of nitrogens with one attached hydrogen (secondary N) is 3. The lowest BCUT2D eigenvalue weighted by Crippen LogP contribution is -2.39. The van der Waals surface area contributed by atoms with Crippen LogP contribution in [0.5, 0.6) is 0 Å². The summed E-state index contributed by atoms with van der Waals surface area (Å²) in [7, 11) is 4.04. The lowest BCUT2D eigenvalue weighted by atomic mass is 9.85. The zero-order chi connectivity index (χ0) is 23.2. The fraction of sp³-hybridized carbons (Fsp3) is 0.560. The maximum absolute atomic E-state index is 13.0. The van der Waals surface area contributed by atoms with E-state index in [1.165, 1.54) is 0 Å². The quantitative estimate of drug-likeness (QED) is 0.479. The summed E-state index contributed by atoms with van der Waals surface area (Å²) in [5, 5.41) is 13.6. The van der Waals surface area contributed by atoms with Crippen LogP contribution < -0.4 is 16.0 Å². The number of amides is 2. The van der Waals surface area contributed by atoms with E-state index in [2.05, 4.69) is 26.0 Å². The van der Waals surface area contributed by atoms with Gasteiger partial charge in [0.25, 0.3) is 11.8 Å². The SMILES string of the molecule is CN(C)CCCNC(=O)c1cccc(C(NC(=O)c2cc(C3CC3)on2)C2CCNCC2)c1. The van der Waals surface area contributed by atoms with Gasteiger partial charge in [-0.05, 0) is 89.4 Å². The average Bonchev–Trinajstić information content (AvgIpc) is 3.56. The Kier molecular flexibility index (Phi) is 7.77. The molecule has 0 spiro atoms. The van der Waals surface area contributed by atoms with Crippen molar-refractivity contribution in [3.8, 4) is 0 Å². The summed E-state index contributed by atoms with van der Waals surface area (Å²) in [6.07, 6.45) is 5.00. The molecule has 1 unspecified atom stereocenters. The first-order valence-corrected chi connectivity index (χ1v) is 12.0. The molecule has 2 amide bonds. The zero-order valence-electron chi connectivity index (χ0n) is 19.6. The second kappa shape index (κ2) is 10.9. The number of carbonyl (C=O) groups is 2. The average molecular weight is 454 g/mol. The van der Waals surface area contributed by atoms with E-state index in [0.29, 0.717) is 23.7 Å². The van der Waals surface area contributed by atoms with Crippen molar-refractivity contribution in [1.82, 2.24) is 26.0 Å². The van der Waals surface area contributed by atoms with Gasteiger partial charge in [0.05, 0.1) is 6.04 Å². The molecule has 2 aliphatic rings. The highest BCUT2D eigenvalue weighted by atomic mass is 16.5. The fourth-order valence-electron chi connectivity index (χ4n) is 4.40. The molecular weight excluding hydrogens is 418 g/mol. The monoisotopic (exact) mass is 453 g/mol. The van der Waals surface area contributed by atoms with Crippen LogP contribution in [0.15, 0.2) is 34.9 Å². The van der Waals surface area contributed by atoms with Crippen LogP contribution in [0.1, 0.15) is 76.2 Å². The first-order chi connectivity index (χ1) is 16.0. The van der Waals surface area contributed by atoms with Gasteiger partial charge in [-0.2, -0.15) is 0 Å². The molecule has 1 saturated carbocycles. The topological polar surface area (TPSA) is 99.5 Å². The van der Waals surface area contributed by atoms with Crippen LogP contribution in [-0.2, 0) is 0 Å². The Morgan fingerprint density at radius 3 is 2.67 bits per heavy atom. The van der Waals surface area contributed by atoms with Gasteiger partial charge in [-0.1, -0.05) is 17.3 Å². The van der Waals surface area contributed by atoms with Crippen LogP contribution in [0.3, 0.4) is 0 Å². The molecule has 33 heavy (non-hydrogen) atoms. The van der Waals surface area contributed by atoms with E-state index < -0.39 is 0 Å². The molecule has 1 aliphatic carbocycles. The fourth-order valence-corrected chi connectivity index (χ4v) is 4.40. The molecule has 3 N–H and O–H groups in total. The Morgan fingerprint density at radius 2 is 1.94 bits per heavy atom. The lowest BCUT2D eigenvalue weighted by molar-refractivity contribution is 0.0904. The van der Waals surface area contributed by atoms with Crippen molar-refractivity contribution in [3.63, 3.8) is 0 Å². The number of hydrogen-bond donors (Lipinski definition) is 3. The Balaban J connectivity index is 1.47. The van der Waals surface area contributed by atoms with E-state index in [0.717, 1.165) is 63.1 Å². The van der Waals surface area contributed by atoms with E-state index in [9.17, 15) is 9.59 Å². The highest BCUT2D eigenvalue weighted by molar-refractivity contribution is 5.94. The molecule has 2 aromatic rings. The molecule has 1 saturated heterocycles. The second-order valence-corrected chi connectivity index (χ2v) is 9.47. The Labute approximate surface area is 195 Å². The maximum Gasteiger partial charge on any atom is 0.273 e. The Hall–Kier alpha value is -2.71. The van der Waals surface area contributed by atoms with E-state index in [-0.39, 0.29) is 23.8 Å². The number of hydrogen-bond acceptors (Lipinski definition) is 6. The van der Waals surface area contributed by atoms with Crippen molar-refractivity contribution in [3.05, 3.63) is 52.9 Å². The van der Waals surface area contributed by atoms with Crippen molar-refractivity contribution in [2.45, 2.75) is 44.1 Å². The van der Waals surface area contributed by atoms with E-state index in [1.54, 1.807) is 6.07 Å². The van der Waals surface area contributed by atoms with Gasteiger partial charge in [0, 0.05) is 24.1 Å². The maximum atomic E-state index is 13.0. The highest BCUT2D eigenvalue weighted by Gasteiger charge is 2.31. The summed E-state index contributed by atoms with van der Waals surface area (Å²) in [5.41, 5.74) is 1.88. The van der Waals surface area contributed by atoms with Crippen LogP contribution in [0.2, 0.25) is 0 Å². The summed E-state index contributed by atoms with van der Waals surface area (Å²) in [6, 6.07) is 9.20. The first-order valence-electron chi connectivity index (χ1n) is 12.0. The smallest absolute Gasteiger partial charge is 0.273 e. The molecule has 1 aliphatic heterocycles. The van der Waals surface area contributed by atoms with Crippen molar-refractivity contribution < 1.29 is 14.1 Å². The number of carbonyl (C=O) groups excluding carboxylic acids is 2. The number of rotatable bonds is 10. The van der Waals surface area contributed by atoms with Gasteiger partial charge in [-0.15, -0.1) is 0 Å². The third-order valence-corrected chi connectivity index (χ3v) is 6.46. The van der Waals surface area contributed by atoms with Gasteiger partial charge >= 0.3 is 0 Å². The predicted molar refractivity (Wildman–Crippen MR) is 126 cm³/mol. The van der Waals surface area contributed by atoms with Crippen LogP contribution in [0.4, 0.5) is 0 Å². The first kappa shape index (κ1) is 23.4. The van der Waals surface area contributed by atoms with E-state index in [4.69, 9.17) is 4.52 Å². The molecule has 0 radical (unpaired) electrons. The number of piperidine rings is 1. The summed E-state index contributed by atoms with van der Waals surface area (Å²) in [6.45, 7) is 3.39. The van der Waals surface area contributed by atoms with Crippen LogP contribution in [-0.4, -0.2) is 62.1 Å². The van der Waals surface area contributed by atoms with Gasteiger partial charge in [-0.3, -0.25) is 9.59 Å². The predicted octanol–water partition coefficient (Wildman–Crippen LogP) is 2.70. The minimum absolute atomic E-state index is 0.0865. The van der Waals surface area contributed by atoms with Crippen molar-refractivity contribution in [1.29, 1.82) is 0 Å². The van der Waals surface area contributed by atoms with Gasteiger partial charge in [0.2, 0.25) is 0 Å². The van der Waals surface area contributed by atoms with E-state index >= 15 is 0 Å². The molecule has 8 nitrogen and oxygen atoms in total. The highest BCUT2D eigenvalue weighted by Crippen LogP contribution is 2.40. The van der Waals surface area contributed by atoms with Crippen molar-refractivity contribution in [2.24, 2.45) is 5.92 Å². The second-order valence-electron chi connectivity index (χ2n) is 9.47. The molecule has 2 fully saturated rings. The molecular formula is C25H35N5O3. The van der Waals surface area contributed by atoms with E-state index in [1.807, 2.05) is 38.4 Å². The normalized spacial score (nSPS) is 17.7. The number of benzene rings is 1. The third-order valence-electron chi connectivity index (χ3n) is 6.46. The Bertz CT molecular complexity index is 947. The number of aromatic nitrogens is 1. The largest absolute Gasteiger partial charge is 0.360 e. The molecule has 1 atom stereocenters. The van der Waals surface area contributed by atoms with Gasteiger partial charge in [0.1, 0.15) is 5.76 Å². The molecule has 4 rings (SSSR count). The van der Waals surface area contributed by atoms with Gasteiger partial charge in [0.15, 0.2) is 5.69 Å². The summed E-state index contributed by atoms with van der Waals surface area (Å²) < 4.78 is 5.38. The number of nitrogens with zero attached hydrogens (tertiary/aromatic N) is 2. The van der Waals surface area contributed by atoms with Gasteiger partial charge < -0.3 is 25.4 Å². The van der Waals surface area contributed by atoms with Crippen molar-refractivity contribution in [2.75, 3.05) is 40.3 Å². The van der Waals surface area contributed by atoms with Crippen LogP contribution >= 0.6 is 0 Å². The zero-order valence-corrected chi connectivity index (χ0v) is 19.6.